The fourth-order valence-electron chi connectivity index (χ4n) is 22.5. The molecule has 1 spiro atoms. The summed E-state index contributed by atoms with van der Waals surface area (Å²) in [4.78, 5) is 56.4. The number of para-hydroxylation sites is 4. The maximum absolute atomic E-state index is 8.26. The van der Waals surface area contributed by atoms with Crippen molar-refractivity contribution in [2.75, 3.05) is 177 Å². The highest BCUT2D eigenvalue weighted by molar-refractivity contribution is 8.00. The Labute approximate surface area is 901 Å². The lowest BCUT2D eigenvalue weighted by atomic mass is 9.96. The number of ether oxygens (including phenoxy) is 8. The number of amidine groups is 4. The van der Waals surface area contributed by atoms with Gasteiger partial charge < -0.3 is 77.1 Å². The van der Waals surface area contributed by atoms with E-state index in [4.69, 9.17) is 57.9 Å². The average Bonchev–Trinajstić information content (AvgIpc) is 1.45. The standard InChI is InChI=1S/C121H160N16O8S4/c1-25-126(26-2)56-60-130-82-41-33-37-45-86(82)146-109-98(130)81(72-138-71-80(23)24)90-91(105(109)142-67-52-76(15)16)114-123-115-93-96(107(144-69-54-78(19)20)111-100(103(93)140-65-50-74(11)12)132(62-58-128(29-5)30-6)84-43-35-39-47-88(84)148-111)119-125-117-94-97(108(145-70-55-79(21)22)112-101(104(94)141-66-51-75(13)14)133(63-59-129(31-7)32-8)85-44-36-40-48-89(85)149-112)120-124-116-92-95(118-122-113(90)134(114)121(135(116)118,136(115)119)137(117)120)106(143-68-53-77(17)18)110-99(102(92)139-64-49-73(9)10)131(61-57-127(27-3)28-4)83-42-34-38-46-87(83)147-110/h33-48,73-80H,25-32,49-72H2,1-24H3/q+2. The largest absolute Gasteiger partial charge is 0.491 e. The topological polar surface area (TPSA) is 165 Å². The summed E-state index contributed by atoms with van der Waals surface area (Å²) in [6, 6.07) is 36.1. The van der Waals surface area contributed by atoms with E-state index in [-0.39, 0.29) is 54.0 Å². The first-order valence-electron chi connectivity index (χ1n) is 56.3. The predicted molar refractivity (Wildman–Crippen MR) is 614 cm³/mol. The van der Waals surface area contributed by atoms with Gasteiger partial charge in [-0.3, -0.25) is 0 Å². The van der Waals surface area contributed by atoms with Crippen LogP contribution < -0.4 is 63.7 Å². The van der Waals surface area contributed by atoms with Crippen LogP contribution in [0.15, 0.2) is 156 Å². The lowest BCUT2D eigenvalue weighted by molar-refractivity contribution is -0.790. The van der Waals surface area contributed by atoms with E-state index < -0.39 is 5.91 Å². The van der Waals surface area contributed by atoms with Gasteiger partial charge in [0.1, 0.15) is 51.0 Å². The number of likely N-dealkylation sites (N-methyl/N-ethyl adjacent to an activating group) is 4. The third kappa shape index (κ3) is 19.1. The molecular weight excluding hydrogens is 1930 g/mol. The van der Waals surface area contributed by atoms with E-state index in [1.54, 1.807) is 47.0 Å². The molecular formula is C121H160N16O8S4+2. The van der Waals surface area contributed by atoms with Crippen LogP contribution >= 0.6 is 47.0 Å². The van der Waals surface area contributed by atoms with Crippen molar-refractivity contribution in [2.24, 2.45) is 67.3 Å². The fraction of sp³-hybridized carbons (Fsp3) is 0.537. The molecule has 0 fully saturated rings. The van der Waals surface area contributed by atoms with E-state index in [9.17, 15) is 0 Å². The number of rotatable bonds is 52. The highest BCUT2D eigenvalue weighted by Crippen LogP contribution is 2.69. The molecule has 0 saturated carbocycles. The molecule has 10 aliphatic rings. The lowest BCUT2D eigenvalue weighted by Gasteiger charge is -2.40. The van der Waals surface area contributed by atoms with Crippen molar-refractivity contribution < 1.29 is 47.0 Å². The minimum Gasteiger partial charge on any atom is -0.491 e. The van der Waals surface area contributed by atoms with Crippen LogP contribution in [0.1, 0.15) is 239 Å². The summed E-state index contributed by atoms with van der Waals surface area (Å²) in [5.41, 5.74) is 13.8. The molecule has 2 aromatic heterocycles. The number of hydrogen-bond donors (Lipinski definition) is 0. The second-order valence-electron chi connectivity index (χ2n) is 44.6. The van der Waals surface area contributed by atoms with Crippen LogP contribution in [0.5, 0.6) is 40.2 Å². The van der Waals surface area contributed by atoms with Gasteiger partial charge in [0.2, 0.25) is 22.6 Å². The predicted octanol–water partition coefficient (Wildman–Crippen LogP) is 26.6. The van der Waals surface area contributed by atoms with E-state index in [1.807, 2.05) is 0 Å². The summed E-state index contributed by atoms with van der Waals surface area (Å²) in [5, 5.41) is 3.14. The minimum absolute atomic E-state index is 0.179. The van der Waals surface area contributed by atoms with Gasteiger partial charge in [-0.05, 0) is 193 Å². The van der Waals surface area contributed by atoms with Crippen molar-refractivity contribution in [3.63, 3.8) is 0 Å². The Morgan fingerprint density at radius 1 is 0.302 bits per heavy atom. The molecule has 24 nitrogen and oxygen atoms in total. The van der Waals surface area contributed by atoms with Crippen molar-refractivity contribution in [3.05, 3.63) is 136 Å². The third-order valence-corrected chi connectivity index (χ3v) is 35.6. The van der Waals surface area contributed by atoms with Gasteiger partial charge in [0.25, 0.3) is 23.3 Å². The average molecular weight is 2090 g/mol. The monoisotopic (exact) mass is 2090 g/mol. The Morgan fingerprint density at radius 2 is 0.584 bits per heavy atom. The van der Waals surface area contributed by atoms with Crippen molar-refractivity contribution in [1.29, 1.82) is 0 Å². The molecule has 0 aliphatic carbocycles. The molecule has 1 atom stereocenters. The maximum Gasteiger partial charge on any atom is 0.404 e. The molecule has 28 heteroatoms. The number of aliphatic imine (C=N–C) groups is 2. The quantitative estimate of drug-likeness (QED) is 0.0330. The smallest absolute Gasteiger partial charge is 0.404 e. The Bertz CT molecular complexity index is 7000. The summed E-state index contributed by atoms with van der Waals surface area (Å²) in [7, 11) is 0. The molecule has 1 unspecified atom stereocenters. The van der Waals surface area contributed by atoms with Crippen LogP contribution in [0.25, 0.3) is 21.5 Å². The molecule has 8 aromatic carbocycles. The van der Waals surface area contributed by atoms with Gasteiger partial charge in [0, 0.05) is 84.1 Å². The number of fused-ring (bicyclic) bond motifs is 20. The molecule has 10 aliphatic heterocycles. The molecule has 10 aromatic rings. The van der Waals surface area contributed by atoms with Gasteiger partial charge in [-0.25, -0.2) is 0 Å². The Balaban J connectivity index is 1.08. The van der Waals surface area contributed by atoms with Crippen LogP contribution in [0.3, 0.4) is 0 Å². The first kappa shape index (κ1) is 106. The third-order valence-electron chi connectivity index (χ3n) is 31.0. The van der Waals surface area contributed by atoms with E-state index in [2.05, 4.69) is 321 Å². The van der Waals surface area contributed by atoms with E-state index in [0.717, 1.165) is 281 Å². The summed E-state index contributed by atoms with van der Waals surface area (Å²) in [6.45, 7) is 71.4. The van der Waals surface area contributed by atoms with Gasteiger partial charge >= 0.3 is 5.91 Å². The van der Waals surface area contributed by atoms with Gasteiger partial charge in [-0.1, -0.05) is 282 Å². The molecule has 20 rings (SSSR count). The van der Waals surface area contributed by atoms with Gasteiger partial charge in [0.15, 0.2) is 23.0 Å². The number of benzene rings is 8. The number of aromatic nitrogens is 2. The normalized spacial score (nSPS) is 15.9. The molecule has 149 heavy (non-hydrogen) atoms. The molecule has 794 valence electrons. The fourth-order valence-corrected chi connectivity index (χ4v) is 27.3. The van der Waals surface area contributed by atoms with Crippen LogP contribution in [0.2, 0.25) is 0 Å². The minimum atomic E-state index is -1.84. The summed E-state index contributed by atoms with van der Waals surface area (Å²) < 4.78 is 75.3. The zero-order valence-corrected chi connectivity index (χ0v) is 96.3. The van der Waals surface area contributed by atoms with Gasteiger partial charge in [-0.2, -0.15) is 9.13 Å². The summed E-state index contributed by atoms with van der Waals surface area (Å²) in [6.07, 6.45) is 5.39. The van der Waals surface area contributed by atoms with Crippen LogP contribution in [0.4, 0.5) is 57.1 Å². The van der Waals surface area contributed by atoms with Gasteiger partial charge in [0.05, 0.1) is 128 Å². The maximum atomic E-state index is 8.26. The summed E-state index contributed by atoms with van der Waals surface area (Å²) in [5.74, 6) is 9.14. The number of hydrogen-bond acceptors (Lipinski definition) is 24. The van der Waals surface area contributed by atoms with E-state index >= 15 is 0 Å². The molecule has 12 heterocycles. The molecule has 0 N–H and O–H groups in total. The zero-order chi connectivity index (χ0) is 104. The first-order chi connectivity index (χ1) is 72.2. The second kappa shape index (κ2) is 45.0. The van der Waals surface area contributed by atoms with E-state index in [0.29, 0.717) is 142 Å². The van der Waals surface area contributed by atoms with Crippen molar-refractivity contribution in [3.8, 4) is 40.2 Å². The van der Waals surface area contributed by atoms with Gasteiger partial charge in [-0.15, -0.1) is 9.15 Å². The van der Waals surface area contributed by atoms with Crippen molar-refractivity contribution >= 4 is 149 Å². The second-order valence-corrected chi connectivity index (χ2v) is 48.8. The number of nitrogens with zero attached hydrogens (tertiary/aromatic N) is 16. The van der Waals surface area contributed by atoms with Crippen molar-refractivity contribution in [2.45, 2.75) is 263 Å². The molecule has 0 amide bonds. The number of anilines is 8. The van der Waals surface area contributed by atoms with Crippen molar-refractivity contribution in [1.82, 2.24) is 28.7 Å². The Kier molecular flexibility index (Phi) is 32.1. The van der Waals surface area contributed by atoms with E-state index in [1.165, 1.54) is 0 Å². The Morgan fingerprint density at radius 3 is 0.946 bits per heavy atom. The first-order valence-corrected chi connectivity index (χ1v) is 59.6. The van der Waals surface area contributed by atoms with Crippen LogP contribution in [-0.4, -0.2) is 219 Å². The lowest BCUT2D eigenvalue weighted by Crippen LogP contribution is -2.71. The molecule has 0 saturated heterocycles. The Hall–Kier alpha value is -9.88. The molecule has 0 radical (unpaired) electrons. The zero-order valence-electron chi connectivity index (χ0n) is 93.0. The van der Waals surface area contributed by atoms with Crippen LogP contribution in [-0.2, 0) is 17.3 Å². The SMILES string of the molecule is CCN(CC)CCN1c2ccccc2Sc2c(OCCC(C)C)c3c(c(COCC(C)C)c21)C1=[N+]2C3=Nc3c4c(OCCC(C)C)c5c(c(OCCC(C)C)c4c4n3C23n2c(c6c(OCCC(C)C)c7c(c(OCCC(C)C)c6c2=NC2=[N+]3C(=N4)c3c(OCCC(C)C)c4c(c(OCCC(C)C)c32)Sc2ccccc2N4CCN(CC)CC)N(CCN(CC)CC)c2ccccc2S7)=N1)Sc1ccccc1N5CCN(CC)CC. The summed E-state index contributed by atoms with van der Waals surface area (Å²) >= 11 is 7.14. The highest BCUT2D eigenvalue weighted by Gasteiger charge is 2.73. The van der Waals surface area contributed by atoms with Crippen LogP contribution in [0, 0.1) is 47.3 Å². The highest BCUT2D eigenvalue weighted by atomic mass is 32.2. The molecule has 0 bridgehead atoms.